The Hall–Kier alpha value is -2.72. The summed E-state index contributed by atoms with van der Waals surface area (Å²) < 4.78 is 76.0. The van der Waals surface area contributed by atoms with E-state index in [4.69, 9.17) is 4.74 Å². The molecule has 2 aromatic rings. The molecule has 1 N–H and O–H groups in total. The van der Waals surface area contributed by atoms with E-state index in [1.54, 1.807) is 0 Å². The molecule has 0 bridgehead atoms. The Morgan fingerprint density at radius 3 is 2.62 bits per heavy atom. The van der Waals surface area contributed by atoms with Crippen LogP contribution in [0.15, 0.2) is 48.5 Å². The molecule has 2 aliphatic heterocycles. The van der Waals surface area contributed by atoms with E-state index in [0.717, 1.165) is 38.1 Å². The second kappa shape index (κ2) is 9.50. The van der Waals surface area contributed by atoms with Crippen molar-refractivity contribution in [1.82, 2.24) is 5.32 Å². The van der Waals surface area contributed by atoms with Crippen molar-refractivity contribution in [1.29, 1.82) is 0 Å². The highest BCUT2D eigenvalue weighted by molar-refractivity contribution is 5.97. The fraction of sp³-hybridized carbons (Fsp3) is 0.458. The lowest BCUT2D eigenvalue weighted by atomic mass is 9.77. The molecule has 3 atom stereocenters. The maximum atomic E-state index is 13.1. The van der Waals surface area contributed by atoms with Crippen molar-refractivity contribution < 1.29 is 36.2 Å². The number of piperidine rings is 1. The van der Waals surface area contributed by atoms with Crippen LogP contribution in [-0.4, -0.2) is 44.5 Å². The van der Waals surface area contributed by atoms with Gasteiger partial charge in [-0.05, 0) is 49.6 Å². The van der Waals surface area contributed by atoms with Crippen LogP contribution in [0.4, 0.5) is 27.6 Å². The minimum atomic E-state index is -5.07. The molecule has 0 aromatic heterocycles. The normalized spacial score (nSPS) is 25.0. The Labute approximate surface area is 193 Å². The van der Waals surface area contributed by atoms with Crippen LogP contribution >= 0.6 is 0 Å². The van der Waals surface area contributed by atoms with E-state index in [1.807, 2.05) is 30.3 Å². The van der Waals surface area contributed by atoms with Gasteiger partial charge in [0.2, 0.25) is 0 Å². The van der Waals surface area contributed by atoms with E-state index < -0.39 is 30.2 Å². The van der Waals surface area contributed by atoms with Gasteiger partial charge in [0.05, 0.1) is 18.2 Å². The Morgan fingerprint density at radius 2 is 1.94 bits per heavy atom. The van der Waals surface area contributed by atoms with Crippen LogP contribution in [-0.2, 0) is 9.53 Å². The molecule has 2 aliphatic rings. The predicted octanol–water partition coefficient (Wildman–Crippen LogP) is 5.18. The summed E-state index contributed by atoms with van der Waals surface area (Å²) in [5.74, 6) is -2.60. The molecule has 4 rings (SSSR count). The van der Waals surface area contributed by atoms with Crippen LogP contribution in [0.2, 0.25) is 0 Å². The third kappa shape index (κ3) is 4.88. The largest absolute Gasteiger partial charge is 0.471 e. The first-order valence-electron chi connectivity index (χ1n) is 11.0. The smallest absolute Gasteiger partial charge is 0.435 e. The topological polar surface area (TPSA) is 50.8 Å². The van der Waals surface area contributed by atoms with E-state index in [1.165, 1.54) is 12.1 Å². The van der Waals surface area contributed by atoms with Gasteiger partial charge in [0.25, 0.3) is 0 Å². The number of hydrogen-bond acceptors (Lipinski definition) is 4. The maximum absolute atomic E-state index is 13.1. The van der Waals surface area contributed by atoms with Crippen molar-refractivity contribution in [2.45, 2.75) is 49.6 Å². The third-order valence-corrected chi connectivity index (χ3v) is 6.53. The number of alkyl halides is 5. The molecule has 2 heterocycles. The number of amides is 1. The summed E-state index contributed by atoms with van der Waals surface area (Å²) in [6.07, 6.45) is -3.00. The van der Waals surface area contributed by atoms with Gasteiger partial charge in [-0.2, -0.15) is 22.0 Å². The Bertz CT molecular complexity index is 1020. The summed E-state index contributed by atoms with van der Waals surface area (Å²) in [7, 11) is 0.992. The van der Waals surface area contributed by atoms with Gasteiger partial charge in [0.15, 0.2) is 0 Å². The van der Waals surface area contributed by atoms with E-state index in [0.29, 0.717) is 11.3 Å². The Kier molecular flexibility index (Phi) is 6.82. The SMILES string of the molecule is CN(C(=O)C(F)(F)F)c1ccc(OC(F)F)c(C2COC3(CCCNC3c3ccccc3)C2)c1. The van der Waals surface area contributed by atoms with Gasteiger partial charge in [0.1, 0.15) is 5.75 Å². The van der Waals surface area contributed by atoms with Crippen molar-refractivity contribution in [3.63, 3.8) is 0 Å². The predicted molar refractivity (Wildman–Crippen MR) is 115 cm³/mol. The molecule has 3 unspecified atom stereocenters. The van der Waals surface area contributed by atoms with Crippen LogP contribution in [0.25, 0.3) is 0 Å². The number of halogens is 5. The fourth-order valence-corrected chi connectivity index (χ4v) is 4.98. The lowest BCUT2D eigenvalue weighted by Gasteiger charge is -2.41. The van der Waals surface area contributed by atoms with Gasteiger partial charge in [-0.3, -0.25) is 4.79 Å². The monoisotopic (exact) mass is 484 g/mol. The molecule has 34 heavy (non-hydrogen) atoms. The van der Waals surface area contributed by atoms with Crippen molar-refractivity contribution in [3.05, 3.63) is 59.7 Å². The molecule has 2 saturated heterocycles. The van der Waals surface area contributed by atoms with Crippen LogP contribution in [0, 0.1) is 0 Å². The van der Waals surface area contributed by atoms with Crippen molar-refractivity contribution >= 4 is 11.6 Å². The Morgan fingerprint density at radius 1 is 1.21 bits per heavy atom. The lowest BCUT2D eigenvalue weighted by molar-refractivity contribution is -0.170. The highest BCUT2D eigenvalue weighted by atomic mass is 19.4. The van der Waals surface area contributed by atoms with E-state index in [2.05, 4.69) is 10.1 Å². The zero-order valence-corrected chi connectivity index (χ0v) is 18.4. The van der Waals surface area contributed by atoms with Gasteiger partial charge in [0, 0.05) is 24.2 Å². The molecule has 184 valence electrons. The van der Waals surface area contributed by atoms with Crippen LogP contribution in [0.1, 0.15) is 42.3 Å². The number of anilines is 1. The maximum Gasteiger partial charge on any atom is 0.471 e. The van der Waals surface area contributed by atoms with Crippen LogP contribution < -0.4 is 15.0 Å². The highest BCUT2D eigenvalue weighted by Crippen LogP contribution is 2.50. The van der Waals surface area contributed by atoms with Crippen molar-refractivity contribution in [2.75, 3.05) is 25.1 Å². The van der Waals surface area contributed by atoms with Gasteiger partial charge in [-0.1, -0.05) is 30.3 Å². The third-order valence-electron chi connectivity index (χ3n) is 6.53. The molecular weight excluding hydrogens is 459 g/mol. The molecule has 0 saturated carbocycles. The first kappa shape index (κ1) is 24.4. The molecule has 2 fully saturated rings. The second-order valence-corrected chi connectivity index (χ2v) is 8.64. The first-order valence-corrected chi connectivity index (χ1v) is 11.0. The van der Waals surface area contributed by atoms with Gasteiger partial charge in [-0.25, -0.2) is 0 Å². The average molecular weight is 484 g/mol. The molecule has 0 radical (unpaired) electrons. The number of rotatable bonds is 5. The number of carbonyl (C=O) groups excluding carboxylic acids is 1. The van der Waals surface area contributed by atoms with Gasteiger partial charge >= 0.3 is 18.7 Å². The molecule has 2 aromatic carbocycles. The van der Waals surface area contributed by atoms with Crippen molar-refractivity contribution in [2.24, 2.45) is 0 Å². The van der Waals surface area contributed by atoms with Gasteiger partial charge in [-0.15, -0.1) is 0 Å². The molecule has 0 aliphatic carbocycles. The number of nitrogens with one attached hydrogen (secondary N) is 1. The zero-order chi connectivity index (χ0) is 24.5. The van der Waals surface area contributed by atoms with E-state index >= 15 is 0 Å². The standard InChI is InChI=1S/C24H25F5N2O3/c1-31(21(32)24(27,28)29)17-8-9-19(34-22(25)26)18(12-17)16-13-23(33-14-16)10-5-11-30-20(23)15-6-3-2-4-7-15/h2-4,6-9,12,16,20,22,30H,5,10-11,13-14H2,1H3. The number of carbonyl (C=O) groups is 1. The van der Waals surface area contributed by atoms with E-state index in [-0.39, 0.29) is 29.6 Å². The number of nitrogens with zero attached hydrogens (tertiary/aromatic N) is 1. The Balaban J connectivity index is 1.67. The summed E-state index contributed by atoms with van der Waals surface area (Å²) in [6.45, 7) is -2.12. The zero-order valence-electron chi connectivity index (χ0n) is 18.4. The summed E-state index contributed by atoms with van der Waals surface area (Å²) in [6, 6.07) is 13.3. The molecule has 5 nitrogen and oxygen atoms in total. The number of hydrogen-bond donors (Lipinski definition) is 1. The second-order valence-electron chi connectivity index (χ2n) is 8.64. The van der Waals surface area contributed by atoms with Crippen molar-refractivity contribution in [3.8, 4) is 5.75 Å². The van der Waals surface area contributed by atoms with Crippen LogP contribution in [0.5, 0.6) is 5.75 Å². The van der Waals surface area contributed by atoms with Crippen LogP contribution in [0.3, 0.4) is 0 Å². The summed E-state index contributed by atoms with van der Waals surface area (Å²) in [5, 5.41) is 3.49. The minimum Gasteiger partial charge on any atom is -0.435 e. The molecule has 1 amide bonds. The average Bonchev–Trinajstić information content (AvgIpc) is 3.22. The van der Waals surface area contributed by atoms with E-state index in [9.17, 15) is 26.7 Å². The lowest BCUT2D eigenvalue weighted by Crippen LogP contribution is -2.48. The fourth-order valence-electron chi connectivity index (χ4n) is 4.98. The summed E-state index contributed by atoms with van der Waals surface area (Å²) in [4.78, 5) is 12.2. The molecule has 10 heteroatoms. The summed E-state index contributed by atoms with van der Waals surface area (Å²) in [5.41, 5.74) is 0.655. The van der Waals surface area contributed by atoms with Gasteiger partial charge < -0.3 is 19.7 Å². The minimum absolute atomic E-state index is 0.0683. The highest BCUT2D eigenvalue weighted by Gasteiger charge is 2.49. The molecular formula is C24H25F5N2O3. The quantitative estimate of drug-likeness (QED) is 0.595. The number of ether oxygens (including phenoxy) is 2. The number of benzene rings is 2. The first-order chi connectivity index (χ1) is 16.1. The summed E-state index contributed by atoms with van der Waals surface area (Å²) >= 11 is 0. The molecule has 1 spiro atoms.